The molecule has 0 bridgehead atoms. The topological polar surface area (TPSA) is 58.6 Å². The van der Waals surface area contributed by atoms with Crippen LogP contribution in [0.4, 0.5) is 5.69 Å². The van der Waals surface area contributed by atoms with Gasteiger partial charge in [0.25, 0.3) is 0 Å². The molecule has 0 aromatic heterocycles. The zero-order chi connectivity index (χ0) is 32.4. The standard InChI is InChI=1S/C38H61N3O3.BrH/c1-8-11-24-40(29-37(43)39-38-32(5)21-18-22-33(38)6)25-16-14-12-13-15-17-27-41(10-3,26-9-2)30-34(42)28-35-31(4)20-19-23-36(35)44-7;/h18-23H,8-17,24-30H2,1-7H3;1H. The van der Waals surface area contributed by atoms with Crippen molar-refractivity contribution in [1.82, 2.24) is 4.90 Å². The fourth-order valence-corrected chi connectivity index (χ4v) is 6.43. The first-order chi connectivity index (χ1) is 21.2. The van der Waals surface area contributed by atoms with Crippen molar-refractivity contribution in [2.45, 2.75) is 106 Å². The Morgan fingerprint density at radius 2 is 1.38 bits per heavy atom. The van der Waals surface area contributed by atoms with Crippen molar-refractivity contribution in [2.24, 2.45) is 0 Å². The number of carbonyl (C=O) groups excluding carboxylic acids is 2. The highest BCUT2D eigenvalue weighted by Gasteiger charge is 2.28. The number of hydrogen-bond donors (Lipinski definition) is 1. The average Bonchev–Trinajstić information content (AvgIpc) is 3.00. The van der Waals surface area contributed by atoms with Crippen molar-refractivity contribution in [3.05, 3.63) is 58.7 Å². The molecule has 0 aliphatic rings. The van der Waals surface area contributed by atoms with Crippen LogP contribution in [0.15, 0.2) is 36.4 Å². The predicted octanol–water partition coefficient (Wildman–Crippen LogP) is 5.06. The van der Waals surface area contributed by atoms with Gasteiger partial charge < -0.3 is 31.5 Å². The predicted molar refractivity (Wildman–Crippen MR) is 186 cm³/mol. The fraction of sp³-hybridized carbons (Fsp3) is 0.632. The molecule has 1 atom stereocenters. The van der Waals surface area contributed by atoms with Gasteiger partial charge in [0.1, 0.15) is 12.3 Å². The van der Waals surface area contributed by atoms with E-state index in [1.807, 2.05) is 44.2 Å². The number of likely N-dealkylation sites (N-methyl/N-ethyl adjacent to an activating group) is 1. The second kappa shape index (κ2) is 22.3. The van der Waals surface area contributed by atoms with Gasteiger partial charge in [-0.2, -0.15) is 0 Å². The lowest BCUT2D eigenvalue weighted by atomic mass is 10.0. The number of Topliss-reactive ketones (excluding diaryl/α,β-unsaturated/α-hetero) is 1. The summed E-state index contributed by atoms with van der Waals surface area (Å²) >= 11 is 0. The minimum absolute atomic E-state index is 0. The number of para-hydroxylation sites is 1. The van der Waals surface area contributed by atoms with E-state index in [2.05, 4.69) is 44.0 Å². The monoisotopic (exact) mass is 687 g/mol. The van der Waals surface area contributed by atoms with Gasteiger partial charge in [-0.15, -0.1) is 0 Å². The summed E-state index contributed by atoms with van der Waals surface area (Å²) < 4.78 is 6.44. The first-order valence-electron chi connectivity index (χ1n) is 17.3. The fourth-order valence-electron chi connectivity index (χ4n) is 6.43. The van der Waals surface area contributed by atoms with Crippen molar-refractivity contribution in [3.63, 3.8) is 0 Å². The molecule has 0 aliphatic heterocycles. The number of halogens is 1. The second-order valence-corrected chi connectivity index (χ2v) is 12.8. The van der Waals surface area contributed by atoms with Crippen LogP contribution in [0, 0.1) is 20.8 Å². The van der Waals surface area contributed by atoms with E-state index in [0.717, 1.165) is 103 Å². The lowest BCUT2D eigenvalue weighted by molar-refractivity contribution is -0.919. The average molecular weight is 689 g/mol. The lowest BCUT2D eigenvalue weighted by Gasteiger charge is -2.37. The molecule has 0 heterocycles. The number of hydrogen-bond acceptors (Lipinski definition) is 4. The van der Waals surface area contributed by atoms with Crippen molar-refractivity contribution in [2.75, 3.05) is 58.2 Å². The highest BCUT2D eigenvalue weighted by atomic mass is 79.9. The number of amides is 1. The van der Waals surface area contributed by atoms with Crippen LogP contribution < -0.4 is 27.0 Å². The first kappa shape index (κ1) is 40.8. The van der Waals surface area contributed by atoms with Crippen LogP contribution in [0.2, 0.25) is 0 Å². The Morgan fingerprint density at radius 1 is 0.778 bits per heavy atom. The van der Waals surface area contributed by atoms with E-state index in [9.17, 15) is 9.59 Å². The third-order valence-corrected chi connectivity index (χ3v) is 9.14. The molecule has 0 aliphatic carbocycles. The van der Waals surface area contributed by atoms with Gasteiger partial charge in [0, 0.05) is 17.7 Å². The van der Waals surface area contributed by atoms with E-state index >= 15 is 0 Å². The van der Waals surface area contributed by atoms with Crippen molar-refractivity contribution >= 4 is 17.4 Å². The van der Waals surface area contributed by atoms with Gasteiger partial charge in [-0.1, -0.05) is 69.9 Å². The van der Waals surface area contributed by atoms with Gasteiger partial charge >= 0.3 is 0 Å². The summed E-state index contributed by atoms with van der Waals surface area (Å²) in [7, 11) is 1.68. The lowest BCUT2D eigenvalue weighted by Crippen LogP contribution is -3.00. The summed E-state index contributed by atoms with van der Waals surface area (Å²) in [6, 6.07) is 12.1. The number of methoxy groups -OCH3 is 1. The third-order valence-electron chi connectivity index (χ3n) is 9.14. The summed E-state index contributed by atoms with van der Waals surface area (Å²) in [5.74, 6) is 1.21. The summed E-state index contributed by atoms with van der Waals surface area (Å²) in [5, 5.41) is 3.16. The van der Waals surface area contributed by atoms with Crippen LogP contribution in [0.25, 0.3) is 0 Å². The van der Waals surface area contributed by atoms with Crippen LogP contribution in [-0.4, -0.2) is 74.0 Å². The summed E-state index contributed by atoms with van der Waals surface area (Å²) in [6.07, 6.45) is 10.9. The molecule has 0 fully saturated rings. The third kappa shape index (κ3) is 14.4. The van der Waals surface area contributed by atoms with Gasteiger partial charge in [-0.25, -0.2) is 0 Å². The number of carbonyl (C=O) groups is 2. The molecule has 1 amide bonds. The van der Waals surface area contributed by atoms with Crippen LogP contribution >= 0.6 is 0 Å². The van der Waals surface area contributed by atoms with E-state index in [0.29, 0.717) is 25.3 Å². The maximum absolute atomic E-state index is 13.3. The van der Waals surface area contributed by atoms with E-state index in [4.69, 9.17) is 4.74 Å². The Balaban J connectivity index is 0.0000101. The Hall–Kier alpha value is -2.22. The normalized spacial score (nSPS) is 12.4. The minimum atomic E-state index is 0. The molecule has 0 spiro atoms. The largest absolute Gasteiger partial charge is 1.00 e. The number of anilines is 1. The molecular formula is C38H62BrN3O3. The number of benzene rings is 2. The molecular weight excluding hydrogens is 626 g/mol. The zero-order valence-corrected chi connectivity index (χ0v) is 31.1. The quantitative estimate of drug-likeness (QED) is 0.131. The molecule has 0 radical (unpaired) electrons. The van der Waals surface area contributed by atoms with Gasteiger partial charge in [-0.05, 0) is 95.6 Å². The first-order valence-corrected chi connectivity index (χ1v) is 17.3. The minimum Gasteiger partial charge on any atom is -1.00 e. The summed E-state index contributed by atoms with van der Waals surface area (Å²) in [4.78, 5) is 28.5. The SMILES string of the molecule is CCCCN(CCCCCCCC[N+](CC)(CCC)CC(=O)Cc1c(C)cccc1OC)CC(=O)Nc1c(C)cccc1C.[Br-]. The summed E-state index contributed by atoms with van der Waals surface area (Å²) in [6.45, 7) is 19.0. The van der Waals surface area contributed by atoms with Crippen molar-refractivity contribution < 1.29 is 35.8 Å². The van der Waals surface area contributed by atoms with Crippen LogP contribution in [-0.2, 0) is 16.0 Å². The Bertz CT molecular complexity index is 1130. The number of nitrogens with one attached hydrogen (secondary N) is 1. The van der Waals surface area contributed by atoms with Gasteiger partial charge in [0.05, 0.1) is 33.3 Å². The maximum Gasteiger partial charge on any atom is 0.238 e. The molecule has 2 aromatic carbocycles. The van der Waals surface area contributed by atoms with Crippen molar-refractivity contribution in [3.8, 4) is 5.75 Å². The van der Waals surface area contributed by atoms with Crippen molar-refractivity contribution in [1.29, 1.82) is 0 Å². The number of rotatable bonds is 23. The number of nitrogens with zero attached hydrogens (tertiary/aromatic N) is 2. The molecule has 1 unspecified atom stereocenters. The number of quaternary nitrogens is 1. The van der Waals surface area contributed by atoms with E-state index < -0.39 is 0 Å². The molecule has 0 saturated carbocycles. The highest BCUT2D eigenvalue weighted by Crippen LogP contribution is 2.24. The maximum atomic E-state index is 13.3. The molecule has 2 aromatic rings. The highest BCUT2D eigenvalue weighted by molar-refractivity contribution is 5.93. The van der Waals surface area contributed by atoms with E-state index in [1.54, 1.807) is 7.11 Å². The molecule has 6 nitrogen and oxygen atoms in total. The van der Waals surface area contributed by atoms with Gasteiger partial charge in [0.15, 0.2) is 5.78 Å². The zero-order valence-electron chi connectivity index (χ0n) is 29.5. The van der Waals surface area contributed by atoms with Crippen LogP contribution in [0.5, 0.6) is 5.75 Å². The number of aryl methyl sites for hydroxylation is 3. The van der Waals surface area contributed by atoms with Gasteiger partial charge in [0.2, 0.25) is 5.91 Å². The smallest absolute Gasteiger partial charge is 0.238 e. The number of ketones is 1. The molecule has 2 rings (SSSR count). The summed E-state index contributed by atoms with van der Waals surface area (Å²) in [5.41, 5.74) is 5.32. The number of ether oxygens (including phenoxy) is 1. The Labute approximate surface area is 285 Å². The molecule has 7 heteroatoms. The van der Waals surface area contributed by atoms with E-state index in [-0.39, 0.29) is 22.9 Å². The van der Waals surface area contributed by atoms with Crippen LogP contribution in [0.3, 0.4) is 0 Å². The van der Waals surface area contributed by atoms with Crippen LogP contribution in [0.1, 0.15) is 101 Å². The van der Waals surface area contributed by atoms with Gasteiger partial charge in [-0.3, -0.25) is 14.5 Å². The Morgan fingerprint density at radius 3 is 2.00 bits per heavy atom. The van der Waals surface area contributed by atoms with E-state index in [1.165, 1.54) is 25.7 Å². The molecule has 254 valence electrons. The molecule has 0 saturated heterocycles. The Kier molecular flexibility index (Phi) is 20.2. The molecule has 1 N–H and O–H groups in total. The second-order valence-electron chi connectivity index (χ2n) is 12.8. The number of unbranched alkanes of at least 4 members (excludes halogenated alkanes) is 6. The molecule has 45 heavy (non-hydrogen) atoms.